The number of nitrogens with zero attached hydrogens (tertiary/aromatic N) is 1. The molecule has 2 aliphatic heterocycles. The summed E-state index contributed by atoms with van der Waals surface area (Å²) >= 11 is 0. The number of anilines is 1. The molecule has 17 heavy (non-hydrogen) atoms. The van der Waals surface area contributed by atoms with Crippen LogP contribution in [0.5, 0.6) is 5.75 Å². The molecule has 0 radical (unpaired) electrons. The number of hydrogen-bond donors (Lipinski definition) is 0. The molecule has 4 nitrogen and oxygen atoms in total. The molecular formula is C13H15NO3. The van der Waals surface area contributed by atoms with Crippen molar-refractivity contribution < 1.29 is 14.3 Å². The van der Waals surface area contributed by atoms with Crippen molar-refractivity contribution >= 4 is 11.8 Å². The molecule has 2 aliphatic rings. The van der Waals surface area contributed by atoms with Crippen LogP contribution in [0.4, 0.5) is 10.5 Å². The van der Waals surface area contributed by atoms with Crippen molar-refractivity contribution in [2.75, 3.05) is 12.0 Å². The van der Waals surface area contributed by atoms with Crippen LogP contribution in [0.25, 0.3) is 0 Å². The Morgan fingerprint density at radius 2 is 2.29 bits per heavy atom. The molecule has 0 aromatic heterocycles. The van der Waals surface area contributed by atoms with Crippen molar-refractivity contribution in [3.63, 3.8) is 0 Å². The van der Waals surface area contributed by atoms with E-state index in [1.165, 1.54) is 0 Å². The molecule has 1 aromatic rings. The highest BCUT2D eigenvalue weighted by molar-refractivity contribution is 5.92. The van der Waals surface area contributed by atoms with Crippen LogP contribution in [0.3, 0.4) is 0 Å². The second-order valence-electron chi connectivity index (χ2n) is 4.56. The second-order valence-corrected chi connectivity index (χ2v) is 4.56. The lowest BCUT2D eigenvalue weighted by Gasteiger charge is -2.30. The van der Waals surface area contributed by atoms with Gasteiger partial charge in [-0.25, -0.2) is 4.79 Å². The quantitative estimate of drug-likeness (QED) is 0.747. The van der Waals surface area contributed by atoms with Crippen LogP contribution in [0.2, 0.25) is 0 Å². The lowest BCUT2D eigenvalue weighted by Crippen LogP contribution is -2.39. The number of amides is 1. The van der Waals surface area contributed by atoms with E-state index in [-0.39, 0.29) is 18.2 Å². The number of carbonyl (C=O) groups is 1. The topological polar surface area (TPSA) is 38.8 Å². The van der Waals surface area contributed by atoms with Crippen molar-refractivity contribution in [3.05, 3.63) is 23.8 Å². The SMILES string of the molecule is COc1ccc2c(c1)CC[C@H]1[C@H](C)OC(=O)N21. The van der Waals surface area contributed by atoms with E-state index < -0.39 is 0 Å². The highest BCUT2D eigenvalue weighted by Gasteiger charge is 2.42. The summed E-state index contributed by atoms with van der Waals surface area (Å²) in [7, 11) is 1.65. The summed E-state index contributed by atoms with van der Waals surface area (Å²) < 4.78 is 10.5. The Balaban J connectivity index is 2.04. The maximum atomic E-state index is 11.8. The first kappa shape index (κ1) is 10.4. The van der Waals surface area contributed by atoms with E-state index in [9.17, 15) is 4.79 Å². The number of cyclic esters (lactones) is 1. The molecule has 90 valence electrons. The van der Waals surface area contributed by atoms with E-state index in [4.69, 9.17) is 9.47 Å². The largest absolute Gasteiger partial charge is 0.497 e. The molecule has 1 aromatic carbocycles. The van der Waals surface area contributed by atoms with E-state index in [0.29, 0.717) is 0 Å². The molecule has 0 saturated carbocycles. The minimum Gasteiger partial charge on any atom is -0.497 e. The predicted molar refractivity (Wildman–Crippen MR) is 63.5 cm³/mol. The average Bonchev–Trinajstić information content (AvgIpc) is 2.64. The minimum absolute atomic E-state index is 0.0160. The van der Waals surface area contributed by atoms with Gasteiger partial charge in [0, 0.05) is 0 Å². The number of aryl methyl sites for hydroxylation is 1. The van der Waals surface area contributed by atoms with Crippen LogP contribution in [-0.2, 0) is 11.2 Å². The minimum atomic E-state index is -0.228. The van der Waals surface area contributed by atoms with Gasteiger partial charge in [0.2, 0.25) is 0 Å². The first-order valence-corrected chi connectivity index (χ1v) is 5.87. The van der Waals surface area contributed by atoms with Crippen LogP contribution < -0.4 is 9.64 Å². The Morgan fingerprint density at radius 3 is 3.06 bits per heavy atom. The summed E-state index contributed by atoms with van der Waals surface area (Å²) in [5, 5.41) is 0. The summed E-state index contributed by atoms with van der Waals surface area (Å²) in [5.41, 5.74) is 2.13. The number of carbonyl (C=O) groups excluding carboxylic acids is 1. The molecule has 3 rings (SSSR count). The maximum Gasteiger partial charge on any atom is 0.415 e. The van der Waals surface area contributed by atoms with Gasteiger partial charge in [0.1, 0.15) is 11.9 Å². The molecule has 0 aliphatic carbocycles. The first-order chi connectivity index (χ1) is 8.20. The zero-order chi connectivity index (χ0) is 12.0. The number of methoxy groups -OCH3 is 1. The molecule has 1 amide bonds. The van der Waals surface area contributed by atoms with Crippen molar-refractivity contribution in [3.8, 4) is 5.75 Å². The lowest BCUT2D eigenvalue weighted by molar-refractivity contribution is 0.140. The Kier molecular flexibility index (Phi) is 2.24. The molecule has 0 N–H and O–H groups in total. The van der Waals surface area contributed by atoms with Gasteiger partial charge in [-0.3, -0.25) is 4.90 Å². The molecule has 1 saturated heterocycles. The van der Waals surface area contributed by atoms with Gasteiger partial charge in [-0.05, 0) is 43.5 Å². The van der Waals surface area contributed by atoms with Gasteiger partial charge in [-0.2, -0.15) is 0 Å². The lowest BCUT2D eigenvalue weighted by atomic mass is 9.94. The van der Waals surface area contributed by atoms with Gasteiger partial charge >= 0.3 is 6.09 Å². The van der Waals surface area contributed by atoms with E-state index in [2.05, 4.69) is 0 Å². The zero-order valence-electron chi connectivity index (χ0n) is 9.97. The Labute approximate surface area is 100 Å². The predicted octanol–water partition coefficient (Wildman–Crippen LogP) is 2.36. The highest BCUT2D eigenvalue weighted by atomic mass is 16.6. The molecule has 2 atom stereocenters. The fourth-order valence-electron chi connectivity index (χ4n) is 2.71. The van der Waals surface area contributed by atoms with Crippen LogP contribution in [0.1, 0.15) is 18.9 Å². The molecule has 4 heteroatoms. The van der Waals surface area contributed by atoms with Gasteiger partial charge in [-0.1, -0.05) is 0 Å². The van der Waals surface area contributed by atoms with E-state index >= 15 is 0 Å². The number of ether oxygens (including phenoxy) is 2. The summed E-state index contributed by atoms with van der Waals surface area (Å²) in [6.07, 6.45) is 1.67. The summed E-state index contributed by atoms with van der Waals surface area (Å²) in [5.74, 6) is 0.836. The number of hydrogen-bond acceptors (Lipinski definition) is 3. The fraction of sp³-hybridized carbons (Fsp3) is 0.462. The van der Waals surface area contributed by atoms with Gasteiger partial charge < -0.3 is 9.47 Å². The van der Waals surface area contributed by atoms with Gasteiger partial charge in [0.15, 0.2) is 0 Å². The summed E-state index contributed by atoms with van der Waals surface area (Å²) in [6, 6.07) is 6.02. The van der Waals surface area contributed by atoms with Crippen molar-refractivity contribution in [1.29, 1.82) is 0 Å². The van der Waals surface area contributed by atoms with Crippen LogP contribution in [0.15, 0.2) is 18.2 Å². The molecular weight excluding hydrogens is 218 g/mol. The monoisotopic (exact) mass is 233 g/mol. The normalized spacial score (nSPS) is 26.2. The number of rotatable bonds is 1. The van der Waals surface area contributed by atoms with Crippen LogP contribution in [0, 0.1) is 0 Å². The maximum absolute atomic E-state index is 11.8. The second kappa shape index (κ2) is 3.65. The summed E-state index contributed by atoms with van der Waals surface area (Å²) in [4.78, 5) is 13.6. The summed E-state index contributed by atoms with van der Waals surface area (Å²) in [6.45, 7) is 1.96. The molecule has 1 fully saturated rings. The van der Waals surface area contributed by atoms with Crippen molar-refractivity contribution in [2.24, 2.45) is 0 Å². The van der Waals surface area contributed by atoms with E-state index in [1.54, 1.807) is 12.0 Å². The Morgan fingerprint density at radius 1 is 1.47 bits per heavy atom. The first-order valence-electron chi connectivity index (χ1n) is 5.87. The molecule has 0 unspecified atom stereocenters. The standard InChI is InChI=1S/C13H15NO3/c1-8-11-5-3-9-7-10(16-2)4-6-12(9)14(11)13(15)17-8/h4,6-8,11H,3,5H2,1-2H3/t8-,11-/m0/s1. The van der Waals surface area contributed by atoms with E-state index in [0.717, 1.165) is 29.8 Å². The molecule has 2 heterocycles. The fourth-order valence-corrected chi connectivity index (χ4v) is 2.71. The zero-order valence-corrected chi connectivity index (χ0v) is 9.97. The van der Waals surface area contributed by atoms with Gasteiger partial charge in [-0.15, -0.1) is 0 Å². The van der Waals surface area contributed by atoms with Crippen LogP contribution >= 0.6 is 0 Å². The van der Waals surface area contributed by atoms with Crippen molar-refractivity contribution in [2.45, 2.75) is 31.9 Å². The number of benzene rings is 1. The van der Waals surface area contributed by atoms with Crippen LogP contribution in [-0.4, -0.2) is 25.3 Å². The Hall–Kier alpha value is -1.71. The third kappa shape index (κ3) is 1.47. The third-order valence-electron chi connectivity index (χ3n) is 3.61. The highest BCUT2D eigenvalue weighted by Crippen LogP contribution is 2.38. The van der Waals surface area contributed by atoms with E-state index in [1.807, 2.05) is 25.1 Å². The average molecular weight is 233 g/mol. The molecule has 0 bridgehead atoms. The smallest absolute Gasteiger partial charge is 0.415 e. The van der Waals surface area contributed by atoms with Crippen molar-refractivity contribution in [1.82, 2.24) is 0 Å². The number of fused-ring (bicyclic) bond motifs is 3. The Bertz CT molecular complexity index is 472. The molecule has 0 spiro atoms. The van der Waals surface area contributed by atoms with Gasteiger partial charge in [0.25, 0.3) is 0 Å². The third-order valence-corrected chi connectivity index (χ3v) is 3.61. The van der Waals surface area contributed by atoms with Gasteiger partial charge in [0.05, 0.1) is 18.8 Å².